The summed E-state index contributed by atoms with van der Waals surface area (Å²) in [4.78, 5) is 11.5. The fourth-order valence-electron chi connectivity index (χ4n) is 2.20. The van der Waals surface area contributed by atoms with Crippen LogP contribution in [0.25, 0.3) is 0 Å². The van der Waals surface area contributed by atoms with Crippen molar-refractivity contribution in [2.24, 2.45) is 0 Å². The highest BCUT2D eigenvalue weighted by atomic mass is 15.3. The van der Waals surface area contributed by atoms with Gasteiger partial charge in [-0.25, -0.2) is 4.98 Å². The van der Waals surface area contributed by atoms with E-state index in [9.17, 15) is 0 Å². The van der Waals surface area contributed by atoms with E-state index < -0.39 is 0 Å². The third-order valence-corrected chi connectivity index (χ3v) is 3.16. The number of nitrogens with zero attached hydrogens (tertiary/aromatic N) is 4. The van der Waals surface area contributed by atoms with Crippen molar-refractivity contribution in [3.05, 3.63) is 23.9 Å². The molecular formula is C13H22N4. The molecule has 1 aromatic heterocycles. The van der Waals surface area contributed by atoms with Crippen LogP contribution in [0.5, 0.6) is 0 Å². The zero-order valence-electron chi connectivity index (χ0n) is 11.1. The van der Waals surface area contributed by atoms with E-state index in [0.717, 1.165) is 38.5 Å². The lowest BCUT2D eigenvalue weighted by Gasteiger charge is -2.34. The number of hydrogen-bond donors (Lipinski definition) is 0. The van der Waals surface area contributed by atoms with Gasteiger partial charge in [0.1, 0.15) is 5.82 Å². The molecule has 2 heterocycles. The molecule has 4 heteroatoms. The van der Waals surface area contributed by atoms with Crippen molar-refractivity contribution < 1.29 is 0 Å². The molecule has 0 unspecified atom stereocenters. The maximum atomic E-state index is 4.56. The Bertz CT molecular complexity index is 356. The third-order valence-electron chi connectivity index (χ3n) is 3.16. The maximum Gasteiger partial charge on any atom is 0.133 e. The highest BCUT2D eigenvalue weighted by Gasteiger charge is 2.17. The SMILES string of the molecule is CN(C)Cc1cccnc1N1CCN(C)CC1. The summed E-state index contributed by atoms with van der Waals surface area (Å²) in [7, 11) is 6.37. The summed E-state index contributed by atoms with van der Waals surface area (Å²) >= 11 is 0. The Morgan fingerprint density at radius 3 is 2.59 bits per heavy atom. The third kappa shape index (κ3) is 3.17. The normalized spacial score (nSPS) is 17.8. The van der Waals surface area contributed by atoms with E-state index in [1.165, 1.54) is 5.56 Å². The van der Waals surface area contributed by atoms with Gasteiger partial charge in [-0.2, -0.15) is 0 Å². The molecule has 1 saturated heterocycles. The molecule has 0 N–H and O–H groups in total. The van der Waals surface area contributed by atoms with Gasteiger partial charge in [0.15, 0.2) is 0 Å². The zero-order chi connectivity index (χ0) is 12.3. The fourth-order valence-corrected chi connectivity index (χ4v) is 2.20. The summed E-state index contributed by atoms with van der Waals surface area (Å²) in [5.74, 6) is 1.16. The summed E-state index contributed by atoms with van der Waals surface area (Å²) < 4.78 is 0. The van der Waals surface area contributed by atoms with Crippen LogP contribution in [-0.4, -0.2) is 62.1 Å². The van der Waals surface area contributed by atoms with E-state index in [0.29, 0.717) is 0 Å². The quantitative estimate of drug-likeness (QED) is 0.775. The molecule has 1 aliphatic heterocycles. The number of anilines is 1. The maximum absolute atomic E-state index is 4.56. The molecule has 0 aromatic carbocycles. The molecule has 1 fully saturated rings. The molecule has 0 bridgehead atoms. The number of pyridine rings is 1. The molecule has 1 aromatic rings. The number of likely N-dealkylation sites (N-methyl/N-ethyl adjacent to an activating group) is 1. The predicted molar refractivity (Wildman–Crippen MR) is 71.3 cm³/mol. The molecule has 1 aliphatic rings. The molecule has 17 heavy (non-hydrogen) atoms. The Hall–Kier alpha value is -1.13. The van der Waals surface area contributed by atoms with Gasteiger partial charge < -0.3 is 14.7 Å². The highest BCUT2D eigenvalue weighted by Crippen LogP contribution is 2.19. The molecule has 0 amide bonds. The van der Waals surface area contributed by atoms with Gasteiger partial charge in [0, 0.05) is 44.5 Å². The Balaban J connectivity index is 2.14. The first-order chi connectivity index (χ1) is 8.16. The largest absolute Gasteiger partial charge is 0.354 e. The second kappa shape index (κ2) is 5.47. The molecule has 0 atom stereocenters. The topological polar surface area (TPSA) is 22.6 Å². The first kappa shape index (κ1) is 12.3. The van der Waals surface area contributed by atoms with E-state index in [-0.39, 0.29) is 0 Å². The van der Waals surface area contributed by atoms with Crippen LogP contribution in [0.1, 0.15) is 5.56 Å². The molecule has 0 radical (unpaired) electrons. The highest BCUT2D eigenvalue weighted by molar-refractivity contribution is 5.47. The molecule has 0 aliphatic carbocycles. The molecular weight excluding hydrogens is 212 g/mol. The van der Waals surface area contributed by atoms with Gasteiger partial charge in [-0.05, 0) is 27.2 Å². The van der Waals surface area contributed by atoms with E-state index in [1.54, 1.807) is 0 Å². The van der Waals surface area contributed by atoms with Gasteiger partial charge >= 0.3 is 0 Å². The number of aromatic nitrogens is 1. The van der Waals surface area contributed by atoms with Gasteiger partial charge in [0.05, 0.1) is 0 Å². The number of piperazine rings is 1. The van der Waals surface area contributed by atoms with Crippen LogP contribution < -0.4 is 4.90 Å². The minimum absolute atomic E-state index is 0.954. The summed E-state index contributed by atoms with van der Waals surface area (Å²) in [6, 6.07) is 4.21. The Labute approximate surface area is 104 Å². The van der Waals surface area contributed by atoms with Crippen LogP contribution in [0, 0.1) is 0 Å². The second-order valence-electron chi connectivity index (χ2n) is 5.01. The van der Waals surface area contributed by atoms with E-state index >= 15 is 0 Å². The first-order valence-electron chi connectivity index (χ1n) is 6.19. The van der Waals surface area contributed by atoms with Crippen molar-refractivity contribution in [3.8, 4) is 0 Å². The van der Waals surface area contributed by atoms with Gasteiger partial charge in [-0.1, -0.05) is 6.07 Å². The van der Waals surface area contributed by atoms with Crippen molar-refractivity contribution in [1.82, 2.24) is 14.8 Å². The molecule has 0 saturated carbocycles. The average Bonchev–Trinajstić information content (AvgIpc) is 2.30. The summed E-state index contributed by atoms with van der Waals surface area (Å²) in [6.07, 6.45) is 1.90. The van der Waals surface area contributed by atoms with E-state index in [2.05, 4.69) is 46.9 Å². The summed E-state index contributed by atoms with van der Waals surface area (Å²) in [5, 5.41) is 0. The van der Waals surface area contributed by atoms with Crippen LogP contribution in [-0.2, 0) is 6.54 Å². The van der Waals surface area contributed by atoms with Crippen molar-refractivity contribution in [2.45, 2.75) is 6.54 Å². The number of hydrogen-bond acceptors (Lipinski definition) is 4. The smallest absolute Gasteiger partial charge is 0.133 e. The lowest BCUT2D eigenvalue weighted by Crippen LogP contribution is -2.45. The Morgan fingerprint density at radius 1 is 1.24 bits per heavy atom. The van der Waals surface area contributed by atoms with Gasteiger partial charge in [0.25, 0.3) is 0 Å². The summed E-state index contributed by atoms with van der Waals surface area (Å²) in [6.45, 7) is 5.35. The van der Waals surface area contributed by atoms with Gasteiger partial charge in [-0.15, -0.1) is 0 Å². The van der Waals surface area contributed by atoms with Crippen molar-refractivity contribution >= 4 is 5.82 Å². The standard InChI is InChI=1S/C13H22N4/c1-15(2)11-12-5-4-6-14-13(12)17-9-7-16(3)8-10-17/h4-6H,7-11H2,1-3H3. The van der Waals surface area contributed by atoms with Crippen molar-refractivity contribution in [1.29, 1.82) is 0 Å². The van der Waals surface area contributed by atoms with Crippen molar-refractivity contribution in [3.63, 3.8) is 0 Å². The lowest BCUT2D eigenvalue weighted by atomic mass is 10.2. The van der Waals surface area contributed by atoms with E-state index in [4.69, 9.17) is 0 Å². The molecule has 4 nitrogen and oxygen atoms in total. The van der Waals surface area contributed by atoms with Crippen LogP contribution >= 0.6 is 0 Å². The zero-order valence-corrected chi connectivity index (χ0v) is 11.1. The lowest BCUT2D eigenvalue weighted by molar-refractivity contribution is 0.311. The average molecular weight is 234 g/mol. The molecule has 2 rings (SSSR count). The minimum atomic E-state index is 0.954. The van der Waals surface area contributed by atoms with Crippen LogP contribution in [0.4, 0.5) is 5.82 Å². The van der Waals surface area contributed by atoms with Gasteiger partial charge in [-0.3, -0.25) is 0 Å². The van der Waals surface area contributed by atoms with E-state index in [1.807, 2.05) is 12.3 Å². The minimum Gasteiger partial charge on any atom is -0.354 e. The van der Waals surface area contributed by atoms with Crippen LogP contribution in [0.15, 0.2) is 18.3 Å². The van der Waals surface area contributed by atoms with Crippen LogP contribution in [0.2, 0.25) is 0 Å². The Morgan fingerprint density at radius 2 is 1.94 bits per heavy atom. The van der Waals surface area contributed by atoms with Crippen molar-refractivity contribution in [2.75, 3.05) is 52.2 Å². The van der Waals surface area contributed by atoms with Crippen LogP contribution in [0.3, 0.4) is 0 Å². The van der Waals surface area contributed by atoms with Gasteiger partial charge in [0.2, 0.25) is 0 Å². The first-order valence-corrected chi connectivity index (χ1v) is 6.19. The Kier molecular flexibility index (Phi) is 3.97. The molecule has 94 valence electrons. The predicted octanol–water partition coefficient (Wildman–Crippen LogP) is 0.895. The number of rotatable bonds is 3. The molecule has 0 spiro atoms. The fraction of sp³-hybridized carbons (Fsp3) is 0.615. The summed E-state index contributed by atoms with van der Waals surface area (Å²) in [5.41, 5.74) is 1.32. The monoisotopic (exact) mass is 234 g/mol. The second-order valence-corrected chi connectivity index (χ2v) is 5.01.